The Balaban J connectivity index is 1.49. The lowest BCUT2D eigenvalue weighted by atomic mass is 10.1. The molecule has 1 aliphatic carbocycles. The van der Waals surface area contributed by atoms with Gasteiger partial charge in [0.05, 0.1) is 29.9 Å². The topological polar surface area (TPSA) is 87.5 Å². The van der Waals surface area contributed by atoms with Gasteiger partial charge in [0.1, 0.15) is 5.75 Å². The fraction of sp³-hybridized carbons (Fsp3) is 0.281. The number of carbonyl (C=O) groups is 1. The van der Waals surface area contributed by atoms with Crippen molar-refractivity contribution in [2.75, 3.05) is 56.9 Å². The summed E-state index contributed by atoms with van der Waals surface area (Å²) < 4.78 is 8.13. The fourth-order valence-corrected chi connectivity index (χ4v) is 4.80. The first-order valence-electron chi connectivity index (χ1n) is 13.8. The number of fused-ring (bicyclic) bond motifs is 1. The molecule has 1 fully saturated rings. The van der Waals surface area contributed by atoms with E-state index in [1.165, 1.54) is 29.8 Å². The smallest absolute Gasteiger partial charge is 0.248 e. The average molecular weight is 552 g/mol. The minimum Gasteiger partial charge on any atom is -0.494 e. The second-order valence-corrected chi connectivity index (χ2v) is 10.5. The summed E-state index contributed by atoms with van der Waals surface area (Å²) in [5, 5.41) is 7.50. The number of rotatable bonds is 12. The molecule has 1 amide bonds. The van der Waals surface area contributed by atoms with Gasteiger partial charge in [-0.05, 0) is 45.1 Å². The quantitative estimate of drug-likeness (QED) is 0.168. The van der Waals surface area contributed by atoms with Gasteiger partial charge in [-0.1, -0.05) is 36.9 Å². The largest absolute Gasteiger partial charge is 0.494 e. The predicted molar refractivity (Wildman–Crippen MR) is 167 cm³/mol. The first kappa shape index (κ1) is 27.9. The second-order valence-electron chi connectivity index (χ2n) is 10.5. The average Bonchev–Trinajstić information content (AvgIpc) is 3.74. The molecule has 0 aliphatic heterocycles. The van der Waals surface area contributed by atoms with Crippen LogP contribution in [0.1, 0.15) is 18.9 Å². The van der Waals surface area contributed by atoms with Gasteiger partial charge in [0.25, 0.3) is 0 Å². The Kier molecular flexibility index (Phi) is 8.35. The zero-order chi connectivity index (χ0) is 28.9. The molecule has 2 aromatic carbocycles. The third kappa shape index (κ3) is 6.41. The van der Waals surface area contributed by atoms with Crippen LogP contribution in [0.4, 0.5) is 23.0 Å². The van der Waals surface area contributed by atoms with Crippen LogP contribution in [-0.2, 0) is 4.79 Å². The number of nitrogens with one attached hydrogen (secondary N) is 2. The summed E-state index contributed by atoms with van der Waals surface area (Å²) in [4.78, 5) is 26.2. The van der Waals surface area contributed by atoms with Gasteiger partial charge in [0.15, 0.2) is 0 Å². The predicted octanol–water partition coefficient (Wildman–Crippen LogP) is 5.86. The molecule has 0 spiro atoms. The van der Waals surface area contributed by atoms with Crippen LogP contribution in [0.25, 0.3) is 22.2 Å². The highest BCUT2D eigenvalue weighted by atomic mass is 16.5. The van der Waals surface area contributed by atoms with Crippen molar-refractivity contribution in [1.29, 1.82) is 0 Å². The van der Waals surface area contributed by atoms with E-state index >= 15 is 0 Å². The molecule has 4 aromatic rings. The third-order valence-electron chi connectivity index (χ3n) is 7.11. The lowest BCUT2D eigenvalue weighted by molar-refractivity contribution is -0.111. The Morgan fingerprint density at radius 3 is 2.68 bits per heavy atom. The highest BCUT2D eigenvalue weighted by Gasteiger charge is 2.26. The van der Waals surface area contributed by atoms with Crippen molar-refractivity contribution in [3.05, 3.63) is 79.7 Å². The minimum atomic E-state index is -0.256. The summed E-state index contributed by atoms with van der Waals surface area (Å²) in [7, 11) is 7.68. The van der Waals surface area contributed by atoms with E-state index in [-0.39, 0.29) is 5.91 Å². The zero-order valence-electron chi connectivity index (χ0n) is 24.1. The molecule has 2 N–H and O–H groups in total. The highest BCUT2D eigenvalue weighted by molar-refractivity contribution is 6.02. The summed E-state index contributed by atoms with van der Waals surface area (Å²) in [6, 6.07) is 14.7. The fourth-order valence-electron chi connectivity index (χ4n) is 4.80. The molecule has 0 radical (unpaired) electrons. The van der Waals surface area contributed by atoms with Crippen LogP contribution in [0.2, 0.25) is 0 Å². The SMILES string of the molecule is C=C/C=C\C(=O)Nc1cc(Nc2nccc(-c3cn(C4CC4)c4ccccc34)n2)c(OC)cc1N(C)CCN(C)C. The van der Waals surface area contributed by atoms with Crippen molar-refractivity contribution >= 4 is 39.8 Å². The lowest BCUT2D eigenvalue weighted by Crippen LogP contribution is -2.29. The normalized spacial score (nSPS) is 13.1. The van der Waals surface area contributed by atoms with Crippen LogP contribution in [0.3, 0.4) is 0 Å². The van der Waals surface area contributed by atoms with Gasteiger partial charge in [0, 0.05) is 67.2 Å². The third-order valence-corrected chi connectivity index (χ3v) is 7.11. The summed E-state index contributed by atoms with van der Waals surface area (Å²) in [6.45, 7) is 5.25. The van der Waals surface area contributed by atoms with Crippen LogP contribution in [0.5, 0.6) is 5.75 Å². The van der Waals surface area contributed by atoms with E-state index < -0.39 is 0 Å². The number of methoxy groups -OCH3 is 1. The molecule has 0 unspecified atom stereocenters. The van der Waals surface area contributed by atoms with Crippen LogP contribution >= 0.6 is 0 Å². The van der Waals surface area contributed by atoms with Crippen molar-refractivity contribution in [2.45, 2.75) is 18.9 Å². The Morgan fingerprint density at radius 1 is 1.15 bits per heavy atom. The summed E-state index contributed by atoms with van der Waals surface area (Å²) in [5.74, 6) is 0.783. The first-order chi connectivity index (χ1) is 19.9. The number of para-hydroxylation sites is 1. The van der Waals surface area contributed by atoms with Crippen molar-refractivity contribution in [2.24, 2.45) is 0 Å². The number of amides is 1. The van der Waals surface area contributed by atoms with Gasteiger partial charge in [0.2, 0.25) is 11.9 Å². The van der Waals surface area contributed by atoms with E-state index in [0.717, 1.165) is 30.0 Å². The van der Waals surface area contributed by atoms with E-state index in [4.69, 9.17) is 9.72 Å². The maximum absolute atomic E-state index is 12.6. The number of allylic oxidation sites excluding steroid dienone is 2. The van der Waals surface area contributed by atoms with Gasteiger partial charge >= 0.3 is 0 Å². The summed E-state index contributed by atoms with van der Waals surface area (Å²) in [6.07, 6.45) is 11.0. The Labute approximate surface area is 241 Å². The molecular formula is C32H37N7O2. The molecule has 0 atom stereocenters. The Morgan fingerprint density at radius 2 is 1.95 bits per heavy atom. The number of carbonyl (C=O) groups excluding carboxylic acids is 1. The molecule has 5 rings (SSSR count). The Bertz CT molecular complexity index is 1590. The molecule has 212 valence electrons. The molecule has 1 saturated carbocycles. The monoisotopic (exact) mass is 551 g/mol. The van der Waals surface area contributed by atoms with Crippen LogP contribution < -0.4 is 20.3 Å². The number of benzene rings is 2. The van der Waals surface area contributed by atoms with Crippen molar-refractivity contribution < 1.29 is 9.53 Å². The van der Waals surface area contributed by atoms with Crippen LogP contribution in [0.15, 0.2) is 79.7 Å². The maximum atomic E-state index is 12.6. The maximum Gasteiger partial charge on any atom is 0.248 e. The minimum absolute atomic E-state index is 0.256. The van der Waals surface area contributed by atoms with Crippen molar-refractivity contribution in [1.82, 2.24) is 19.4 Å². The van der Waals surface area contributed by atoms with E-state index in [0.29, 0.717) is 29.1 Å². The highest BCUT2D eigenvalue weighted by Crippen LogP contribution is 2.41. The molecule has 2 heterocycles. The van der Waals surface area contributed by atoms with Gasteiger partial charge < -0.3 is 29.7 Å². The van der Waals surface area contributed by atoms with E-state index in [1.54, 1.807) is 25.5 Å². The van der Waals surface area contributed by atoms with E-state index in [1.807, 2.05) is 39.3 Å². The first-order valence-corrected chi connectivity index (χ1v) is 13.8. The van der Waals surface area contributed by atoms with Crippen LogP contribution in [0, 0.1) is 0 Å². The van der Waals surface area contributed by atoms with Crippen LogP contribution in [-0.4, -0.2) is 66.7 Å². The molecular weight excluding hydrogens is 514 g/mol. The zero-order valence-corrected chi connectivity index (χ0v) is 24.1. The summed E-state index contributed by atoms with van der Waals surface area (Å²) >= 11 is 0. The van der Waals surface area contributed by atoms with Gasteiger partial charge in [-0.25, -0.2) is 9.97 Å². The van der Waals surface area contributed by atoms with E-state index in [2.05, 4.69) is 67.0 Å². The number of anilines is 4. The van der Waals surface area contributed by atoms with Gasteiger partial charge in [-0.2, -0.15) is 0 Å². The van der Waals surface area contributed by atoms with Gasteiger partial charge in [-0.15, -0.1) is 0 Å². The van der Waals surface area contributed by atoms with E-state index in [9.17, 15) is 4.79 Å². The number of hydrogen-bond acceptors (Lipinski definition) is 7. The number of aromatic nitrogens is 3. The molecule has 1 aliphatic rings. The Hall–Kier alpha value is -4.63. The molecule has 0 saturated heterocycles. The molecule has 9 heteroatoms. The second kappa shape index (κ2) is 12.3. The lowest BCUT2D eigenvalue weighted by Gasteiger charge is -2.26. The number of ether oxygens (including phenoxy) is 1. The molecule has 41 heavy (non-hydrogen) atoms. The number of nitrogens with zero attached hydrogens (tertiary/aromatic N) is 5. The molecule has 2 aromatic heterocycles. The number of likely N-dealkylation sites (N-methyl/N-ethyl adjacent to an activating group) is 2. The standard InChI is InChI=1S/C32H37N7O2/c1-6-7-12-31(40)34-26-19-27(30(41-5)20-29(26)38(4)18-17-37(2)3)36-32-33-16-15-25(35-32)24-21-39(22-13-14-22)28-11-9-8-10-23(24)28/h6-12,15-16,19-22H,1,13-14,17-18H2,2-5H3,(H,34,40)(H,33,35,36)/b12-7-. The van der Waals surface area contributed by atoms with Gasteiger partial charge in [-0.3, -0.25) is 4.79 Å². The molecule has 0 bridgehead atoms. The number of hydrogen-bond donors (Lipinski definition) is 2. The van der Waals surface area contributed by atoms with Crippen molar-refractivity contribution in [3.8, 4) is 17.0 Å². The molecule has 9 nitrogen and oxygen atoms in total. The summed E-state index contributed by atoms with van der Waals surface area (Å²) in [5.41, 5.74) is 5.23. The van der Waals surface area contributed by atoms with Crippen molar-refractivity contribution in [3.63, 3.8) is 0 Å².